The van der Waals surface area contributed by atoms with Gasteiger partial charge >= 0.3 is 0 Å². The van der Waals surface area contributed by atoms with Gasteiger partial charge in [0.05, 0.1) is 6.61 Å². The fourth-order valence-corrected chi connectivity index (χ4v) is 3.05. The van der Waals surface area contributed by atoms with E-state index in [-0.39, 0.29) is 18.2 Å². The van der Waals surface area contributed by atoms with E-state index in [2.05, 4.69) is 11.9 Å². The number of benzene rings is 1. The largest absolute Gasteiger partial charge is 0.380 e. The Labute approximate surface area is 134 Å². The van der Waals surface area contributed by atoms with Crippen LogP contribution in [0.15, 0.2) is 24.8 Å². The third-order valence-corrected chi connectivity index (χ3v) is 4.25. The second-order valence-corrected chi connectivity index (χ2v) is 5.81. The molecule has 0 radical (unpaired) electrons. The maximum Gasteiger partial charge on any atom is 0.255 e. The first kappa shape index (κ1) is 15.4. The third-order valence-electron chi connectivity index (χ3n) is 4.25. The highest BCUT2D eigenvalue weighted by Gasteiger charge is 2.39. The molecule has 23 heavy (non-hydrogen) atoms. The summed E-state index contributed by atoms with van der Waals surface area (Å²) in [5.74, 6) is -0.849. The third kappa shape index (κ3) is 2.77. The molecule has 1 unspecified atom stereocenters. The van der Waals surface area contributed by atoms with Gasteiger partial charge in [-0.2, -0.15) is 0 Å². The molecule has 2 aliphatic rings. The molecule has 3 amide bonds. The number of carbonyl (C=O) groups excluding carboxylic acids is 3. The van der Waals surface area contributed by atoms with Crippen molar-refractivity contribution in [2.24, 2.45) is 0 Å². The van der Waals surface area contributed by atoms with Gasteiger partial charge in [0.15, 0.2) is 0 Å². The van der Waals surface area contributed by atoms with Gasteiger partial charge in [0.2, 0.25) is 11.8 Å². The summed E-state index contributed by atoms with van der Waals surface area (Å²) in [5.41, 5.74) is 3.23. The van der Waals surface area contributed by atoms with Crippen molar-refractivity contribution in [1.82, 2.24) is 10.2 Å². The molecule has 0 spiro atoms. The first-order valence-electron chi connectivity index (χ1n) is 7.46. The monoisotopic (exact) mass is 314 g/mol. The van der Waals surface area contributed by atoms with Crippen molar-refractivity contribution in [2.75, 3.05) is 13.7 Å². The van der Waals surface area contributed by atoms with Crippen molar-refractivity contribution in [1.29, 1.82) is 0 Å². The lowest BCUT2D eigenvalue weighted by Gasteiger charge is -2.29. The number of amides is 3. The molecule has 1 aromatic carbocycles. The molecule has 0 bridgehead atoms. The predicted molar refractivity (Wildman–Crippen MR) is 83.4 cm³/mol. The lowest BCUT2D eigenvalue weighted by molar-refractivity contribution is -0.136. The second kappa shape index (κ2) is 5.96. The Morgan fingerprint density at radius 2 is 2.17 bits per heavy atom. The number of carbonyl (C=O) groups is 3. The number of hydrogen-bond donors (Lipinski definition) is 1. The normalized spacial score (nSPS) is 20.5. The van der Waals surface area contributed by atoms with E-state index in [1.165, 1.54) is 4.90 Å². The quantitative estimate of drug-likeness (QED) is 0.845. The Kier molecular flexibility index (Phi) is 4.00. The average molecular weight is 314 g/mol. The zero-order valence-corrected chi connectivity index (χ0v) is 12.9. The van der Waals surface area contributed by atoms with Crippen molar-refractivity contribution >= 4 is 23.3 Å². The zero-order valence-electron chi connectivity index (χ0n) is 12.9. The Bertz CT molecular complexity index is 711. The molecule has 0 aromatic heterocycles. The smallest absolute Gasteiger partial charge is 0.255 e. The molecular weight excluding hydrogens is 296 g/mol. The van der Waals surface area contributed by atoms with Crippen LogP contribution in [0.2, 0.25) is 0 Å². The SMILES string of the molecule is C=C(COC)c1ccc2c(c1)CN(C1CCC(=O)NC1=O)C2=O. The van der Waals surface area contributed by atoms with Crippen LogP contribution >= 0.6 is 0 Å². The van der Waals surface area contributed by atoms with Crippen LogP contribution in [0, 0.1) is 0 Å². The standard InChI is InChI=1S/C17H18N2O4/c1-10(9-23-2)11-3-4-13-12(7-11)8-19(17(13)22)14-5-6-15(20)18-16(14)21/h3-4,7,14H,1,5-6,8-9H2,2H3,(H,18,20,21). The Balaban J connectivity index is 1.83. The van der Waals surface area contributed by atoms with Crippen LogP contribution in [0.4, 0.5) is 0 Å². The summed E-state index contributed by atoms with van der Waals surface area (Å²) in [6.45, 7) is 4.75. The van der Waals surface area contributed by atoms with Crippen LogP contribution in [-0.2, 0) is 20.9 Å². The number of imide groups is 1. The Hall–Kier alpha value is -2.47. The van der Waals surface area contributed by atoms with E-state index >= 15 is 0 Å². The molecule has 1 saturated heterocycles. The maximum absolute atomic E-state index is 12.5. The number of hydrogen-bond acceptors (Lipinski definition) is 4. The number of methoxy groups -OCH3 is 1. The molecule has 3 rings (SSSR count). The number of nitrogens with zero attached hydrogens (tertiary/aromatic N) is 1. The number of rotatable bonds is 4. The van der Waals surface area contributed by atoms with E-state index in [0.29, 0.717) is 25.1 Å². The minimum Gasteiger partial charge on any atom is -0.380 e. The van der Waals surface area contributed by atoms with Gasteiger partial charge in [0.25, 0.3) is 5.91 Å². The van der Waals surface area contributed by atoms with E-state index in [4.69, 9.17) is 4.74 Å². The molecule has 1 N–H and O–H groups in total. The van der Waals surface area contributed by atoms with Gasteiger partial charge in [-0.3, -0.25) is 19.7 Å². The van der Waals surface area contributed by atoms with Gasteiger partial charge in [0.1, 0.15) is 6.04 Å². The minimum absolute atomic E-state index is 0.168. The summed E-state index contributed by atoms with van der Waals surface area (Å²) in [5, 5.41) is 2.30. The summed E-state index contributed by atoms with van der Waals surface area (Å²) >= 11 is 0. The molecule has 120 valence electrons. The van der Waals surface area contributed by atoms with Crippen LogP contribution < -0.4 is 5.32 Å². The van der Waals surface area contributed by atoms with Crippen LogP contribution in [0.3, 0.4) is 0 Å². The molecular formula is C17H18N2O4. The van der Waals surface area contributed by atoms with Crippen molar-refractivity contribution in [3.8, 4) is 0 Å². The summed E-state index contributed by atoms with van der Waals surface area (Å²) in [7, 11) is 1.60. The van der Waals surface area contributed by atoms with Gasteiger partial charge in [-0.05, 0) is 35.3 Å². The lowest BCUT2D eigenvalue weighted by Crippen LogP contribution is -2.52. The van der Waals surface area contributed by atoms with E-state index in [0.717, 1.165) is 16.7 Å². The van der Waals surface area contributed by atoms with Crippen LogP contribution in [0.5, 0.6) is 0 Å². The van der Waals surface area contributed by atoms with E-state index < -0.39 is 11.9 Å². The fourth-order valence-electron chi connectivity index (χ4n) is 3.05. The Morgan fingerprint density at radius 3 is 2.87 bits per heavy atom. The Morgan fingerprint density at radius 1 is 1.39 bits per heavy atom. The maximum atomic E-state index is 12.5. The zero-order chi connectivity index (χ0) is 16.6. The molecule has 2 heterocycles. The number of piperidine rings is 1. The first-order chi connectivity index (χ1) is 11.0. The van der Waals surface area contributed by atoms with Crippen LogP contribution in [-0.4, -0.2) is 42.4 Å². The highest BCUT2D eigenvalue weighted by atomic mass is 16.5. The summed E-state index contributed by atoms with van der Waals surface area (Å²) < 4.78 is 5.08. The van der Waals surface area contributed by atoms with Crippen molar-refractivity contribution in [3.05, 3.63) is 41.5 Å². The molecule has 0 aliphatic carbocycles. The summed E-state index contributed by atoms with van der Waals surface area (Å²) in [6, 6.07) is 4.94. The summed E-state index contributed by atoms with van der Waals surface area (Å²) in [6.07, 6.45) is 0.625. The number of ether oxygens (including phenoxy) is 1. The van der Waals surface area contributed by atoms with E-state index in [1.807, 2.05) is 12.1 Å². The van der Waals surface area contributed by atoms with Crippen molar-refractivity contribution in [3.63, 3.8) is 0 Å². The second-order valence-electron chi connectivity index (χ2n) is 5.81. The molecule has 1 fully saturated rings. The highest BCUT2D eigenvalue weighted by Crippen LogP contribution is 2.29. The van der Waals surface area contributed by atoms with Gasteiger partial charge < -0.3 is 9.64 Å². The topological polar surface area (TPSA) is 75.7 Å². The van der Waals surface area contributed by atoms with Crippen LogP contribution in [0.1, 0.15) is 34.3 Å². The number of fused-ring (bicyclic) bond motifs is 1. The molecule has 2 aliphatic heterocycles. The fraction of sp³-hybridized carbons (Fsp3) is 0.353. The highest BCUT2D eigenvalue weighted by molar-refractivity contribution is 6.05. The van der Waals surface area contributed by atoms with Gasteiger partial charge in [-0.1, -0.05) is 12.6 Å². The van der Waals surface area contributed by atoms with E-state index in [1.54, 1.807) is 13.2 Å². The molecule has 6 heteroatoms. The molecule has 0 saturated carbocycles. The first-order valence-corrected chi connectivity index (χ1v) is 7.46. The van der Waals surface area contributed by atoms with Crippen molar-refractivity contribution < 1.29 is 19.1 Å². The predicted octanol–water partition coefficient (Wildman–Crippen LogP) is 1.11. The molecule has 1 atom stereocenters. The summed E-state index contributed by atoms with van der Waals surface area (Å²) in [4.78, 5) is 37.3. The van der Waals surface area contributed by atoms with Gasteiger partial charge in [-0.15, -0.1) is 0 Å². The number of nitrogens with one attached hydrogen (secondary N) is 1. The molecule has 6 nitrogen and oxygen atoms in total. The van der Waals surface area contributed by atoms with Crippen molar-refractivity contribution in [2.45, 2.75) is 25.4 Å². The van der Waals surface area contributed by atoms with Crippen LogP contribution in [0.25, 0.3) is 5.57 Å². The average Bonchev–Trinajstić information content (AvgIpc) is 2.84. The lowest BCUT2D eigenvalue weighted by atomic mass is 10.0. The molecule has 1 aromatic rings. The minimum atomic E-state index is -0.585. The van der Waals surface area contributed by atoms with Gasteiger partial charge in [0, 0.05) is 25.6 Å². The van der Waals surface area contributed by atoms with Gasteiger partial charge in [-0.25, -0.2) is 0 Å². The van der Waals surface area contributed by atoms with E-state index in [9.17, 15) is 14.4 Å².